The van der Waals surface area contributed by atoms with E-state index in [-0.39, 0.29) is 6.42 Å². The Labute approximate surface area is 125 Å². The van der Waals surface area contributed by atoms with Crippen molar-refractivity contribution in [3.8, 4) is 5.75 Å². The summed E-state index contributed by atoms with van der Waals surface area (Å²) in [7, 11) is 1.62. The number of aryl methyl sites for hydroxylation is 1. The van der Waals surface area contributed by atoms with Crippen molar-refractivity contribution < 1.29 is 14.9 Å². The van der Waals surface area contributed by atoms with Crippen LogP contribution in [0.25, 0.3) is 0 Å². The van der Waals surface area contributed by atoms with Crippen molar-refractivity contribution in [2.45, 2.75) is 32.5 Å². The predicted molar refractivity (Wildman–Crippen MR) is 81.4 cm³/mol. The molecule has 0 bridgehead atoms. The van der Waals surface area contributed by atoms with E-state index in [4.69, 9.17) is 4.74 Å². The lowest BCUT2D eigenvalue weighted by atomic mass is 9.98. The average molecular weight is 287 g/mol. The lowest BCUT2D eigenvalue weighted by Crippen LogP contribution is -2.22. The third-order valence-corrected chi connectivity index (χ3v) is 3.66. The minimum Gasteiger partial charge on any atom is -0.496 e. The minimum absolute atomic E-state index is 0.276. The molecule has 4 nitrogen and oxygen atoms in total. The molecule has 0 saturated heterocycles. The van der Waals surface area contributed by atoms with Gasteiger partial charge in [0, 0.05) is 29.4 Å². The molecule has 4 heteroatoms. The van der Waals surface area contributed by atoms with Crippen LogP contribution in [0.15, 0.2) is 36.5 Å². The Morgan fingerprint density at radius 1 is 1.14 bits per heavy atom. The molecule has 21 heavy (non-hydrogen) atoms. The fourth-order valence-electron chi connectivity index (χ4n) is 2.46. The molecule has 0 aliphatic rings. The molecule has 2 aromatic rings. The summed E-state index contributed by atoms with van der Waals surface area (Å²) in [5.74, 6) is 0.779. The monoisotopic (exact) mass is 287 g/mol. The number of aromatic nitrogens is 1. The Bertz CT molecular complexity index is 598. The molecule has 0 amide bonds. The van der Waals surface area contributed by atoms with Gasteiger partial charge in [-0.15, -0.1) is 0 Å². The number of hydrogen-bond acceptors (Lipinski definition) is 4. The first kappa shape index (κ1) is 15.5. The first-order valence-corrected chi connectivity index (χ1v) is 6.94. The highest BCUT2D eigenvalue weighted by molar-refractivity contribution is 5.41. The third-order valence-electron chi connectivity index (χ3n) is 3.66. The molecule has 112 valence electrons. The number of rotatable bonds is 5. The summed E-state index contributed by atoms with van der Waals surface area (Å²) < 4.78 is 5.36. The molecule has 0 fully saturated rings. The summed E-state index contributed by atoms with van der Waals surface area (Å²) >= 11 is 0. The summed E-state index contributed by atoms with van der Waals surface area (Å²) in [6, 6.07) is 9.14. The summed E-state index contributed by atoms with van der Waals surface area (Å²) in [5.41, 5.74) is 3.29. The Kier molecular flexibility index (Phi) is 4.94. The fraction of sp³-hybridized carbons (Fsp3) is 0.353. The topological polar surface area (TPSA) is 62.6 Å². The molecule has 2 N–H and O–H groups in total. The van der Waals surface area contributed by atoms with Crippen LogP contribution in [0.3, 0.4) is 0 Å². The fourth-order valence-corrected chi connectivity index (χ4v) is 2.46. The summed E-state index contributed by atoms with van der Waals surface area (Å²) in [6.45, 7) is 3.84. The van der Waals surface area contributed by atoms with Crippen LogP contribution >= 0.6 is 0 Å². The van der Waals surface area contributed by atoms with Crippen LogP contribution in [0.4, 0.5) is 0 Å². The zero-order valence-electron chi connectivity index (χ0n) is 12.6. The van der Waals surface area contributed by atoms with Crippen LogP contribution < -0.4 is 4.74 Å². The van der Waals surface area contributed by atoms with E-state index in [1.54, 1.807) is 25.4 Å². The number of hydrogen-bond donors (Lipinski definition) is 2. The Morgan fingerprint density at radius 2 is 1.81 bits per heavy atom. The Balaban J connectivity index is 2.18. The van der Waals surface area contributed by atoms with E-state index in [0.29, 0.717) is 5.56 Å². The standard InChI is InChI=1S/C17H21NO3/c1-11-10-18-14(12(2)17(11)21-3)9-15(19)16(20)13-7-5-4-6-8-13/h4-8,10,15-16,19-20H,9H2,1-3H3. The first-order valence-electron chi connectivity index (χ1n) is 6.94. The van der Waals surface area contributed by atoms with E-state index in [9.17, 15) is 10.2 Å². The lowest BCUT2D eigenvalue weighted by Gasteiger charge is -2.19. The van der Waals surface area contributed by atoms with Crippen molar-refractivity contribution >= 4 is 0 Å². The molecular weight excluding hydrogens is 266 g/mol. The minimum atomic E-state index is -0.931. The second kappa shape index (κ2) is 6.70. The first-order chi connectivity index (χ1) is 10.0. The van der Waals surface area contributed by atoms with Crippen LogP contribution in [-0.2, 0) is 6.42 Å². The molecule has 0 radical (unpaired) electrons. The average Bonchev–Trinajstić information content (AvgIpc) is 2.50. The summed E-state index contributed by atoms with van der Waals surface area (Å²) in [4.78, 5) is 4.35. The number of aliphatic hydroxyl groups excluding tert-OH is 2. The molecule has 1 aromatic heterocycles. The van der Waals surface area contributed by atoms with Crippen molar-refractivity contribution in [3.05, 3.63) is 58.9 Å². The second-order valence-electron chi connectivity index (χ2n) is 5.17. The maximum atomic E-state index is 10.3. The van der Waals surface area contributed by atoms with Gasteiger partial charge in [0.25, 0.3) is 0 Å². The van der Waals surface area contributed by atoms with E-state index in [1.165, 1.54) is 0 Å². The molecule has 0 saturated carbocycles. The molecular formula is C17H21NO3. The SMILES string of the molecule is COc1c(C)cnc(CC(O)C(O)c2ccccc2)c1C. The van der Waals surface area contributed by atoms with Crippen molar-refractivity contribution in [1.29, 1.82) is 0 Å². The molecule has 2 rings (SSSR count). The van der Waals surface area contributed by atoms with Gasteiger partial charge in [0.05, 0.1) is 13.2 Å². The molecule has 2 unspecified atom stereocenters. The molecule has 0 aliphatic carbocycles. The normalized spacial score (nSPS) is 13.8. The molecule has 1 heterocycles. The van der Waals surface area contributed by atoms with E-state index in [1.807, 2.05) is 32.0 Å². The predicted octanol–water partition coefficient (Wildman–Crippen LogP) is 2.34. The van der Waals surface area contributed by atoms with Gasteiger partial charge in [-0.2, -0.15) is 0 Å². The highest BCUT2D eigenvalue weighted by Gasteiger charge is 2.21. The van der Waals surface area contributed by atoms with E-state index in [2.05, 4.69) is 4.98 Å². The molecule has 1 aromatic carbocycles. The van der Waals surface area contributed by atoms with Crippen LogP contribution in [0.1, 0.15) is 28.5 Å². The lowest BCUT2D eigenvalue weighted by molar-refractivity contribution is 0.0183. The van der Waals surface area contributed by atoms with Gasteiger partial charge in [-0.25, -0.2) is 0 Å². The molecule has 0 spiro atoms. The van der Waals surface area contributed by atoms with Crippen molar-refractivity contribution in [2.75, 3.05) is 7.11 Å². The highest BCUT2D eigenvalue weighted by atomic mass is 16.5. The second-order valence-corrected chi connectivity index (χ2v) is 5.17. The number of benzene rings is 1. The van der Waals surface area contributed by atoms with Gasteiger partial charge < -0.3 is 14.9 Å². The van der Waals surface area contributed by atoms with Gasteiger partial charge in [-0.05, 0) is 19.4 Å². The van der Waals surface area contributed by atoms with E-state index in [0.717, 1.165) is 22.6 Å². The van der Waals surface area contributed by atoms with Gasteiger partial charge >= 0.3 is 0 Å². The van der Waals surface area contributed by atoms with Crippen molar-refractivity contribution in [1.82, 2.24) is 4.98 Å². The van der Waals surface area contributed by atoms with Gasteiger partial charge in [0.2, 0.25) is 0 Å². The number of ether oxygens (including phenoxy) is 1. The number of aliphatic hydroxyl groups is 2. The third kappa shape index (κ3) is 3.40. The quantitative estimate of drug-likeness (QED) is 0.886. The van der Waals surface area contributed by atoms with Crippen LogP contribution in [0, 0.1) is 13.8 Å². The van der Waals surface area contributed by atoms with E-state index >= 15 is 0 Å². The van der Waals surface area contributed by atoms with E-state index < -0.39 is 12.2 Å². The number of pyridine rings is 1. The van der Waals surface area contributed by atoms with Crippen molar-refractivity contribution in [2.24, 2.45) is 0 Å². The van der Waals surface area contributed by atoms with Crippen LogP contribution in [-0.4, -0.2) is 28.4 Å². The van der Waals surface area contributed by atoms with Gasteiger partial charge in [0.1, 0.15) is 11.9 Å². The maximum Gasteiger partial charge on any atom is 0.128 e. The van der Waals surface area contributed by atoms with Crippen LogP contribution in [0.2, 0.25) is 0 Å². The molecule has 0 aliphatic heterocycles. The van der Waals surface area contributed by atoms with Gasteiger partial charge in [-0.3, -0.25) is 4.98 Å². The number of nitrogens with zero attached hydrogens (tertiary/aromatic N) is 1. The van der Waals surface area contributed by atoms with Crippen LogP contribution in [0.5, 0.6) is 5.75 Å². The Morgan fingerprint density at radius 3 is 2.43 bits per heavy atom. The zero-order chi connectivity index (χ0) is 15.4. The zero-order valence-corrected chi connectivity index (χ0v) is 12.6. The Hall–Kier alpha value is -1.91. The van der Waals surface area contributed by atoms with Gasteiger partial charge in [-0.1, -0.05) is 30.3 Å². The number of methoxy groups -OCH3 is 1. The van der Waals surface area contributed by atoms with Gasteiger partial charge in [0.15, 0.2) is 0 Å². The summed E-state index contributed by atoms with van der Waals surface area (Å²) in [6.07, 6.45) is 0.159. The smallest absolute Gasteiger partial charge is 0.128 e. The largest absolute Gasteiger partial charge is 0.496 e. The summed E-state index contributed by atoms with van der Waals surface area (Å²) in [5, 5.41) is 20.5. The van der Waals surface area contributed by atoms with Crippen molar-refractivity contribution in [3.63, 3.8) is 0 Å². The maximum absolute atomic E-state index is 10.3. The highest BCUT2D eigenvalue weighted by Crippen LogP contribution is 2.26. The molecule has 2 atom stereocenters.